The van der Waals surface area contributed by atoms with E-state index in [1.165, 1.54) is 4.88 Å². The van der Waals surface area contributed by atoms with Crippen LogP contribution in [0, 0.1) is 6.92 Å². The molecule has 2 aromatic heterocycles. The van der Waals surface area contributed by atoms with Gasteiger partial charge in [0.1, 0.15) is 4.90 Å². The van der Waals surface area contributed by atoms with Gasteiger partial charge in [-0.15, -0.1) is 11.3 Å². The first-order valence-corrected chi connectivity index (χ1v) is 11.9. The Bertz CT molecular complexity index is 1070. The van der Waals surface area contributed by atoms with Crippen LogP contribution in [0.4, 0.5) is 0 Å². The molecule has 8 heteroatoms. The van der Waals surface area contributed by atoms with E-state index >= 15 is 0 Å². The summed E-state index contributed by atoms with van der Waals surface area (Å²) in [5, 5.41) is 2.92. The topological polar surface area (TPSA) is 53.5 Å². The molecule has 5 nitrogen and oxygen atoms in total. The fourth-order valence-corrected chi connectivity index (χ4v) is 6.47. The van der Waals surface area contributed by atoms with Crippen LogP contribution in [0.25, 0.3) is 10.9 Å². The summed E-state index contributed by atoms with van der Waals surface area (Å²) in [5.74, 6) is 0. The summed E-state index contributed by atoms with van der Waals surface area (Å²) in [4.78, 5) is 8.27. The van der Waals surface area contributed by atoms with Gasteiger partial charge in [0.15, 0.2) is 0 Å². The van der Waals surface area contributed by atoms with Crippen LogP contribution in [0.15, 0.2) is 51.3 Å². The molecular weight excluding hydrogens is 446 g/mol. The lowest BCUT2D eigenvalue weighted by molar-refractivity contribution is 0.182. The van der Waals surface area contributed by atoms with Crippen molar-refractivity contribution in [2.45, 2.75) is 18.4 Å². The highest BCUT2D eigenvalue weighted by molar-refractivity contribution is 9.10. The molecule has 0 amide bonds. The lowest BCUT2D eigenvalue weighted by Gasteiger charge is -2.33. The fraction of sp³-hybridized carbons (Fsp3) is 0.316. The molecule has 1 aliphatic rings. The number of thiophene rings is 1. The predicted molar refractivity (Wildman–Crippen MR) is 113 cm³/mol. The van der Waals surface area contributed by atoms with E-state index in [9.17, 15) is 8.42 Å². The lowest BCUT2D eigenvalue weighted by atomic mass is 10.2. The van der Waals surface area contributed by atoms with Crippen LogP contribution in [0.3, 0.4) is 0 Å². The minimum Gasteiger partial charge on any atom is -0.296 e. The second-order valence-electron chi connectivity index (χ2n) is 6.71. The van der Waals surface area contributed by atoms with Crippen LogP contribution < -0.4 is 0 Å². The fourth-order valence-electron chi connectivity index (χ4n) is 3.36. The number of rotatable bonds is 4. The Morgan fingerprint density at radius 3 is 2.67 bits per heavy atom. The monoisotopic (exact) mass is 465 g/mol. The van der Waals surface area contributed by atoms with E-state index in [1.54, 1.807) is 34.0 Å². The van der Waals surface area contributed by atoms with Crippen molar-refractivity contribution in [3.05, 3.63) is 56.8 Å². The smallest absolute Gasteiger partial charge is 0.245 e. The van der Waals surface area contributed by atoms with Gasteiger partial charge in [0.25, 0.3) is 0 Å². The first kappa shape index (κ1) is 19.0. The maximum Gasteiger partial charge on any atom is 0.245 e. The molecule has 0 radical (unpaired) electrons. The zero-order valence-corrected chi connectivity index (χ0v) is 18.1. The highest BCUT2D eigenvalue weighted by atomic mass is 79.9. The number of sulfonamides is 1. The minimum absolute atomic E-state index is 0.300. The molecule has 1 fully saturated rings. The van der Waals surface area contributed by atoms with Gasteiger partial charge < -0.3 is 0 Å². The van der Waals surface area contributed by atoms with Crippen LogP contribution in [-0.4, -0.2) is 48.8 Å². The molecule has 142 valence electrons. The molecule has 0 bridgehead atoms. The SMILES string of the molecule is Cc1cnc2c(S(=O)(=O)N3CCN(Cc4sccc4Br)CC3)cccc2c1. The van der Waals surface area contributed by atoms with Crippen molar-refractivity contribution >= 4 is 48.2 Å². The van der Waals surface area contributed by atoms with E-state index in [2.05, 4.69) is 37.3 Å². The number of nitrogens with zero attached hydrogens (tertiary/aromatic N) is 3. The third-order valence-electron chi connectivity index (χ3n) is 4.82. The maximum atomic E-state index is 13.2. The molecule has 1 saturated heterocycles. The molecule has 0 unspecified atom stereocenters. The summed E-state index contributed by atoms with van der Waals surface area (Å²) in [6, 6.07) is 9.38. The number of para-hydroxylation sites is 1. The summed E-state index contributed by atoms with van der Waals surface area (Å²) < 4.78 is 29.2. The van der Waals surface area contributed by atoms with Gasteiger partial charge in [0, 0.05) is 53.7 Å². The number of hydrogen-bond donors (Lipinski definition) is 0. The average molecular weight is 466 g/mol. The molecule has 4 rings (SSSR count). The third kappa shape index (κ3) is 3.82. The maximum absolute atomic E-state index is 13.2. The van der Waals surface area contributed by atoms with Crippen molar-refractivity contribution in [2.75, 3.05) is 26.2 Å². The van der Waals surface area contributed by atoms with E-state index in [4.69, 9.17) is 0 Å². The van der Waals surface area contributed by atoms with Crippen LogP contribution >= 0.6 is 27.3 Å². The molecule has 0 atom stereocenters. The number of aryl methyl sites for hydroxylation is 1. The van der Waals surface area contributed by atoms with Gasteiger partial charge in [0.05, 0.1) is 5.52 Å². The summed E-state index contributed by atoms with van der Waals surface area (Å²) in [6.07, 6.45) is 1.72. The van der Waals surface area contributed by atoms with E-state index in [0.29, 0.717) is 23.5 Å². The number of aromatic nitrogens is 1. The molecule has 27 heavy (non-hydrogen) atoms. The molecule has 0 N–H and O–H groups in total. The van der Waals surface area contributed by atoms with Crippen molar-refractivity contribution in [3.63, 3.8) is 0 Å². The second kappa shape index (κ2) is 7.60. The van der Waals surface area contributed by atoms with Gasteiger partial charge in [-0.3, -0.25) is 9.88 Å². The van der Waals surface area contributed by atoms with E-state index in [-0.39, 0.29) is 0 Å². The second-order valence-corrected chi connectivity index (χ2v) is 10.5. The summed E-state index contributed by atoms with van der Waals surface area (Å²) in [6.45, 7) is 5.24. The Morgan fingerprint density at radius 1 is 1.19 bits per heavy atom. The van der Waals surface area contributed by atoms with E-state index in [0.717, 1.165) is 35.1 Å². The van der Waals surface area contributed by atoms with Crippen LogP contribution in [-0.2, 0) is 16.6 Å². The molecule has 3 heterocycles. The summed E-state index contributed by atoms with van der Waals surface area (Å²) in [5.41, 5.74) is 1.57. The largest absolute Gasteiger partial charge is 0.296 e. The highest BCUT2D eigenvalue weighted by Gasteiger charge is 2.30. The van der Waals surface area contributed by atoms with Crippen molar-refractivity contribution < 1.29 is 8.42 Å². The Kier molecular flexibility index (Phi) is 5.35. The normalized spacial score (nSPS) is 16.8. The summed E-state index contributed by atoms with van der Waals surface area (Å²) in [7, 11) is -3.56. The molecule has 3 aromatic rings. The highest BCUT2D eigenvalue weighted by Crippen LogP contribution is 2.27. The van der Waals surface area contributed by atoms with Crippen LogP contribution in [0.2, 0.25) is 0 Å². The Morgan fingerprint density at radius 2 is 1.96 bits per heavy atom. The molecule has 0 aliphatic carbocycles. The zero-order chi connectivity index (χ0) is 19.0. The molecule has 1 aromatic carbocycles. The number of benzene rings is 1. The minimum atomic E-state index is -3.56. The Balaban J connectivity index is 1.53. The van der Waals surface area contributed by atoms with Gasteiger partial charge in [-0.1, -0.05) is 12.1 Å². The van der Waals surface area contributed by atoms with Crippen LogP contribution in [0.1, 0.15) is 10.4 Å². The number of fused-ring (bicyclic) bond motifs is 1. The number of hydrogen-bond acceptors (Lipinski definition) is 5. The molecule has 0 saturated carbocycles. The average Bonchev–Trinajstić information content (AvgIpc) is 3.06. The predicted octanol–water partition coefficient (Wildman–Crippen LogP) is 3.87. The van der Waals surface area contributed by atoms with Gasteiger partial charge in [-0.25, -0.2) is 8.42 Å². The quantitative estimate of drug-likeness (QED) is 0.586. The number of pyridine rings is 1. The van der Waals surface area contributed by atoms with Crippen molar-refractivity contribution in [3.8, 4) is 0 Å². The lowest BCUT2D eigenvalue weighted by Crippen LogP contribution is -2.48. The van der Waals surface area contributed by atoms with Gasteiger partial charge in [0.2, 0.25) is 10.0 Å². The van der Waals surface area contributed by atoms with Crippen LogP contribution in [0.5, 0.6) is 0 Å². The molecule has 0 spiro atoms. The Hall–Kier alpha value is -1.32. The third-order valence-corrected chi connectivity index (χ3v) is 8.66. The summed E-state index contributed by atoms with van der Waals surface area (Å²) >= 11 is 5.29. The molecular formula is C19H20BrN3O2S2. The zero-order valence-electron chi connectivity index (χ0n) is 14.9. The first-order chi connectivity index (χ1) is 12.9. The van der Waals surface area contributed by atoms with Crippen molar-refractivity contribution in [1.82, 2.24) is 14.2 Å². The first-order valence-electron chi connectivity index (χ1n) is 8.75. The van der Waals surface area contributed by atoms with Crippen molar-refractivity contribution in [2.24, 2.45) is 0 Å². The van der Waals surface area contributed by atoms with Gasteiger partial charge in [-0.05, 0) is 52.0 Å². The van der Waals surface area contributed by atoms with Crippen molar-refractivity contribution in [1.29, 1.82) is 0 Å². The van der Waals surface area contributed by atoms with E-state index < -0.39 is 10.0 Å². The Labute approximate surface area is 171 Å². The van der Waals surface area contributed by atoms with Gasteiger partial charge >= 0.3 is 0 Å². The van der Waals surface area contributed by atoms with E-state index in [1.807, 2.05) is 19.1 Å². The number of halogens is 1. The number of piperazine rings is 1. The molecule has 1 aliphatic heterocycles. The van der Waals surface area contributed by atoms with Gasteiger partial charge in [-0.2, -0.15) is 4.31 Å². The standard InChI is InChI=1S/C19H20BrN3O2S2/c1-14-11-15-3-2-4-18(19(15)21-12-14)27(24,25)23-8-6-22(7-9-23)13-17-16(20)5-10-26-17/h2-5,10-12H,6-9,13H2,1H3.